The van der Waals surface area contributed by atoms with Crippen molar-refractivity contribution >= 4 is 5.88 Å². The summed E-state index contributed by atoms with van der Waals surface area (Å²) in [7, 11) is 1.62. The van der Waals surface area contributed by atoms with Gasteiger partial charge in [-0.1, -0.05) is 13.8 Å². The largest absolute Gasteiger partial charge is 0.497 e. The average Bonchev–Trinajstić information content (AvgIpc) is 3.39. The number of methoxy groups -OCH3 is 1. The summed E-state index contributed by atoms with van der Waals surface area (Å²) in [4.78, 5) is 6.47. The second-order valence-electron chi connectivity index (χ2n) is 7.87. The Balaban J connectivity index is 1.47. The Morgan fingerprint density at radius 2 is 1.77 bits per heavy atom. The lowest BCUT2D eigenvalue weighted by molar-refractivity contribution is 0.270. The first-order chi connectivity index (χ1) is 14.6. The minimum absolute atomic E-state index is 0.270. The zero-order valence-electron chi connectivity index (χ0n) is 17.4. The Hall–Kier alpha value is -3.40. The van der Waals surface area contributed by atoms with E-state index in [-0.39, 0.29) is 6.61 Å². The van der Waals surface area contributed by atoms with Gasteiger partial charge >= 0.3 is 0 Å². The third-order valence-electron chi connectivity index (χ3n) is 5.18. The molecule has 0 saturated carbocycles. The number of aromatic nitrogens is 1. The molecule has 1 aromatic carbocycles. The number of rotatable bonds is 6. The first-order valence-electron chi connectivity index (χ1n) is 10.1. The molecule has 0 radical (unpaired) electrons. The molecule has 4 rings (SSSR count). The van der Waals surface area contributed by atoms with Gasteiger partial charge in [-0.2, -0.15) is 10.2 Å². The van der Waals surface area contributed by atoms with Crippen molar-refractivity contribution in [2.75, 3.05) is 25.1 Å². The standard InChI is InChI=1S/C23H25N3O4/c1-15-10-16(2)13-26(12-15)23-20(11-24)25-22(30-23)21-9-8-19(29-21)14-28-18-6-4-17(27-3)5-7-18/h4-9,15-16H,10,12-14H2,1-3H3/t15-,16-/m1/s1. The molecule has 0 unspecified atom stereocenters. The van der Waals surface area contributed by atoms with Crippen molar-refractivity contribution in [1.29, 1.82) is 5.26 Å². The molecule has 30 heavy (non-hydrogen) atoms. The summed E-state index contributed by atoms with van der Waals surface area (Å²) in [5.74, 6) is 4.52. The number of ether oxygens (including phenoxy) is 2. The Labute approximate surface area is 175 Å². The molecule has 2 aromatic heterocycles. The van der Waals surface area contributed by atoms with Gasteiger partial charge in [0.1, 0.15) is 29.9 Å². The van der Waals surface area contributed by atoms with E-state index in [1.165, 1.54) is 6.42 Å². The number of nitrogens with zero attached hydrogens (tertiary/aromatic N) is 3. The number of anilines is 1. The van der Waals surface area contributed by atoms with E-state index in [2.05, 4.69) is 29.8 Å². The van der Waals surface area contributed by atoms with Crippen molar-refractivity contribution in [3.63, 3.8) is 0 Å². The molecule has 156 valence electrons. The molecule has 1 saturated heterocycles. The molecular weight excluding hydrogens is 382 g/mol. The molecule has 7 heteroatoms. The van der Waals surface area contributed by atoms with Gasteiger partial charge in [0.05, 0.1) is 7.11 Å². The highest BCUT2D eigenvalue weighted by Crippen LogP contribution is 2.33. The van der Waals surface area contributed by atoms with Crippen molar-refractivity contribution in [1.82, 2.24) is 4.98 Å². The van der Waals surface area contributed by atoms with E-state index in [1.54, 1.807) is 13.2 Å². The van der Waals surface area contributed by atoms with Gasteiger partial charge in [-0.25, -0.2) is 0 Å². The van der Waals surface area contributed by atoms with Crippen LogP contribution in [0.1, 0.15) is 31.7 Å². The highest BCUT2D eigenvalue weighted by atomic mass is 16.5. The second-order valence-corrected chi connectivity index (χ2v) is 7.87. The number of piperidine rings is 1. The molecule has 1 fully saturated rings. The number of oxazole rings is 1. The first-order valence-corrected chi connectivity index (χ1v) is 10.1. The van der Waals surface area contributed by atoms with E-state index in [1.807, 2.05) is 30.3 Å². The van der Waals surface area contributed by atoms with E-state index in [9.17, 15) is 5.26 Å². The van der Waals surface area contributed by atoms with E-state index in [4.69, 9.17) is 18.3 Å². The summed E-state index contributed by atoms with van der Waals surface area (Å²) < 4.78 is 22.7. The summed E-state index contributed by atoms with van der Waals surface area (Å²) in [5, 5.41) is 9.54. The van der Waals surface area contributed by atoms with Gasteiger partial charge < -0.3 is 23.2 Å². The van der Waals surface area contributed by atoms with Crippen LogP contribution in [0.2, 0.25) is 0 Å². The molecule has 7 nitrogen and oxygen atoms in total. The van der Waals surface area contributed by atoms with Crippen LogP contribution in [-0.2, 0) is 6.61 Å². The molecule has 0 bridgehead atoms. The van der Waals surface area contributed by atoms with Crippen LogP contribution in [0.15, 0.2) is 45.2 Å². The molecule has 2 atom stereocenters. The van der Waals surface area contributed by atoms with Gasteiger partial charge in [0.2, 0.25) is 11.6 Å². The van der Waals surface area contributed by atoms with E-state index in [0.717, 1.165) is 18.8 Å². The van der Waals surface area contributed by atoms with Crippen LogP contribution in [0.3, 0.4) is 0 Å². The molecule has 0 spiro atoms. The van der Waals surface area contributed by atoms with E-state index in [0.29, 0.717) is 46.6 Å². The number of benzene rings is 1. The third kappa shape index (κ3) is 4.28. The maximum absolute atomic E-state index is 9.54. The van der Waals surface area contributed by atoms with Gasteiger partial charge in [0.25, 0.3) is 5.89 Å². The maximum atomic E-state index is 9.54. The highest BCUT2D eigenvalue weighted by molar-refractivity contribution is 5.56. The Morgan fingerprint density at radius 1 is 1.07 bits per heavy atom. The fourth-order valence-electron chi connectivity index (χ4n) is 3.93. The van der Waals surface area contributed by atoms with Crippen LogP contribution in [-0.4, -0.2) is 25.2 Å². The number of hydrogen-bond donors (Lipinski definition) is 0. The summed E-state index contributed by atoms with van der Waals surface area (Å²) >= 11 is 0. The van der Waals surface area contributed by atoms with Gasteiger partial charge in [-0.05, 0) is 54.7 Å². The van der Waals surface area contributed by atoms with Crippen LogP contribution < -0.4 is 14.4 Å². The van der Waals surface area contributed by atoms with Gasteiger partial charge in [-0.15, -0.1) is 0 Å². The second kappa shape index (κ2) is 8.54. The van der Waals surface area contributed by atoms with Gasteiger partial charge in [-0.3, -0.25) is 0 Å². The highest BCUT2D eigenvalue weighted by Gasteiger charge is 2.28. The number of nitriles is 1. The summed E-state index contributed by atoms with van der Waals surface area (Å²) in [6, 6.07) is 13.1. The predicted molar refractivity (Wildman–Crippen MR) is 111 cm³/mol. The lowest BCUT2D eigenvalue weighted by Crippen LogP contribution is -2.38. The summed E-state index contributed by atoms with van der Waals surface area (Å²) in [6.07, 6.45) is 1.18. The van der Waals surface area contributed by atoms with Gasteiger partial charge in [0.15, 0.2) is 5.76 Å². The van der Waals surface area contributed by atoms with Crippen LogP contribution in [0.5, 0.6) is 11.5 Å². The fourth-order valence-corrected chi connectivity index (χ4v) is 3.93. The zero-order chi connectivity index (χ0) is 21.1. The third-order valence-corrected chi connectivity index (χ3v) is 5.18. The van der Waals surface area contributed by atoms with E-state index >= 15 is 0 Å². The van der Waals surface area contributed by atoms with Crippen molar-refractivity contribution in [2.24, 2.45) is 11.8 Å². The van der Waals surface area contributed by atoms with Crippen LogP contribution >= 0.6 is 0 Å². The van der Waals surface area contributed by atoms with Crippen LogP contribution in [0.25, 0.3) is 11.7 Å². The Morgan fingerprint density at radius 3 is 2.43 bits per heavy atom. The fraction of sp³-hybridized carbons (Fsp3) is 0.391. The van der Waals surface area contributed by atoms with Crippen LogP contribution in [0.4, 0.5) is 5.88 Å². The average molecular weight is 407 g/mol. The normalized spacial score (nSPS) is 18.8. The maximum Gasteiger partial charge on any atom is 0.266 e. The SMILES string of the molecule is COc1ccc(OCc2ccc(-c3nc(C#N)c(N4C[C@H](C)C[C@@H](C)C4)o3)o2)cc1. The predicted octanol–water partition coefficient (Wildman–Crippen LogP) is 4.88. The van der Waals surface area contributed by atoms with Crippen molar-refractivity contribution < 1.29 is 18.3 Å². The van der Waals surface area contributed by atoms with Crippen LogP contribution in [0, 0.1) is 23.2 Å². The molecule has 0 amide bonds. The van der Waals surface area contributed by atoms with E-state index < -0.39 is 0 Å². The molecule has 3 heterocycles. The Bertz CT molecular complexity index is 1020. The minimum Gasteiger partial charge on any atom is -0.497 e. The lowest BCUT2D eigenvalue weighted by atomic mass is 9.92. The van der Waals surface area contributed by atoms with Crippen molar-refractivity contribution in [2.45, 2.75) is 26.9 Å². The lowest BCUT2D eigenvalue weighted by Gasteiger charge is -2.34. The topological polar surface area (TPSA) is 84.7 Å². The number of furan rings is 1. The summed E-state index contributed by atoms with van der Waals surface area (Å²) in [5.41, 5.74) is 0.290. The molecular formula is C23H25N3O4. The first kappa shape index (κ1) is 19.9. The van der Waals surface area contributed by atoms with Gasteiger partial charge in [0, 0.05) is 13.1 Å². The molecule has 3 aromatic rings. The molecule has 0 N–H and O–H groups in total. The summed E-state index contributed by atoms with van der Waals surface area (Å²) in [6.45, 7) is 6.41. The van der Waals surface area contributed by atoms with Crippen molar-refractivity contribution in [3.05, 3.63) is 47.9 Å². The van der Waals surface area contributed by atoms with Crippen molar-refractivity contribution in [3.8, 4) is 29.2 Å². The smallest absolute Gasteiger partial charge is 0.266 e. The molecule has 1 aliphatic heterocycles. The number of hydrogen-bond acceptors (Lipinski definition) is 7. The monoisotopic (exact) mass is 407 g/mol. The molecule has 1 aliphatic rings. The molecule has 0 aliphatic carbocycles. The minimum atomic E-state index is 0.270. The zero-order valence-corrected chi connectivity index (χ0v) is 17.4. The Kier molecular flexibility index (Phi) is 5.66. The quantitative estimate of drug-likeness (QED) is 0.576.